The highest BCUT2D eigenvalue weighted by Crippen LogP contribution is 2.41. The Labute approximate surface area is 179 Å². The van der Waals surface area contributed by atoms with E-state index in [4.69, 9.17) is 16.6 Å². The number of nitrogens with one attached hydrogen (secondary N) is 1. The van der Waals surface area contributed by atoms with Crippen LogP contribution >= 0.6 is 12.2 Å². The predicted octanol–water partition coefficient (Wildman–Crippen LogP) is 4.88. The molecule has 0 spiro atoms. The molecule has 1 N–H and O–H groups in total. The van der Waals surface area contributed by atoms with Gasteiger partial charge >= 0.3 is 0 Å². The van der Waals surface area contributed by atoms with Crippen molar-refractivity contribution >= 4 is 23.0 Å². The number of benzene rings is 1. The number of aromatic nitrogens is 1. The molecular weight excluding hydrogens is 400 g/mol. The molecule has 1 aromatic carbocycles. The van der Waals surface area contributed by atoms with Gasteiger partial charge in [0.1, 0.15) is 17.6 Å². The number of nitrogens with zero attached hydrogens (tertiary/aromatic N) is 3. The fourth-order valence-corrected chi connectivity index (χ4v) is 4.12. The van der Waals surface area contributed by atoms with E-state index in [2.05, 4.69) is 29.0 Å². The van der Waals surface area contributed by atoms with Crippen molar-refractivity contribution in [3.63, 3.8) is 0 Å². The second-order valence-electron chi connectivity index (χ2n) is 7.65. The molecule has 2 atom stereocenters. The van der Waals surface area contributed by atoms with Gasteiger partial charge < -0.3 is 14.6 Å². The standard InChI is InChI=1S/C22H22N4O3S/c1-14(2)13-25-21(20(24-22(25)30)16-8-5-6-12-23-16)19-11-10-18(29-19)15-7-3-4-9-17(15)26(27)28/h3-12,14,20-21H,13H2,1-2H3,(H,24,30)/t20-,21+/m0/s1. The van der Waals surface area contributed by atoms with E-state index in [9.17, 15) is 10.1 Å². The summed E-state index contributed by atoms with van der Waals surface area (Å²) in [5.41, 5.74) is 1.32. The molecular formula is C22H22N4O3S. The lowest BCUT2D eigenvalue weighted by molar-refractivity contribution is -0.384. The lowest BCUT2D eigenvalue weighted by Gasteiger charge is -2.27. The minimum Gasteiger partial charge on any atom is -0.459 e. The van der Waals surface area contributed by atoms with Gasteiger partial charge in [0.25, 0.3) is 5.69 Å². The van der Waals surface area contributed by atoms with Gasteiger partial charge in [0, 0.05) is 18.8 Å². The van der Waals surface area contributed by atoms with E-state index >= 15 is 0 Å². The van der Waals surface area contributed by atoms with E-state index in [-0.39, 0.29) is 17.8 Å². The van der Waals surface area contributed by atoms with Crippen molar-refractivity contribution in [3.8, 4) is 11.3 Å². The molecule has 8 heteroatoms. The molecule has 1 saturated heterocycles. The fraction of sp³-hybridized carbons (Fsp3) is 0.273. The number of pyridine rings is 1. The highest BCUT2D eigenvalue weighted by molar-refractivity contribution is 7.80. The van der Waals surface area contributed by atoms with E-state index in [1.54, 1.807) is 30.5 Å². The molecule has 0 bridgehead atoms. The van der Waals surface area contributed by atoms with Gasteiger partial charge in [-0.25, -0.2) is 0 Å². The number of hydrogen-bond acceptors (Lipinski definition) is 5. The van der Waals surface area contributed by atoms with Crippen LogP contribution in [0.4, 0.5) is 5.69 Å². The molecule has 154 valence electrons. The minimum absolute atomic E-state index is 0.0128. The van der Waals surface area contributed by atoms with Crippen LogP contribution < -0.4 is 5.32 Å². The van der Waals surface area contributed by atoms with Gasteiger partial charge in [-0.05, 0) is 48.5 Å². The topological polar surface area (TPSA) is 84.4 Å². The smallest absolute Gasteiger partial charge is 0.280 e. The number of rotatable bonds is 6. The van der Waals surface area contributed by atoms with Crippen molar-refractivity contribution in [2.75, 3.05) is 6.54 Å². The van der Waals surface area contributed by atoms with Crippen molar-refractivity contribution < 1.29 is 9.34 Å². The van der Waals surface area contributed by atoms with E-state index < -0.39 is 4.92 Å². The Morgan fingerprint density at radius 2 is 1.97 bits per heavy atom. The highest BCUT2D eigenvalue weighted by Gasteiger charge is 2.41. The zero-order valence-electron chi connectivity index (χ0n) is 16.7. The second kappa shape index (κ2) is 8.23. The van der Waals surface area contributed by atoms with Crippen molar-refractivity contribution in [2.24, 2.45) is 5.92 Å². The van der Waals surface area contributed by atoms with Crippen LogP contribution in [0.5, 0.6) is 0 Å². The normalized spacial score (nSPS) is 18.6. The molecule has 7 nitrogen and oxygen atoms in total. The minimum atomic E-state index is -0.397. The number of hydrogen-bond donors (Lipinski definition) is 1. The maximum absolute atomic E-state index is 11.4. The summed E-state index contributed by atoms with van der Waals surface area (Å²) in [6.07, 6.45) is 1.75. The predicted molar refractivity (Wildman–Crippen MR) is 118 cm³/mol. The molecule has 2 aromatic heterocycles. The Hall–Kier alpha value is -3.26. The zero-order chi connectivity index (χ0) is 21.3. The summed E-state index contributed by atoms with van der Waals surface area (Å²) < 4.78 is 6.18. The molecule has 0 saturated carbocycles. The van der Waals surface area contributed by atoms with Gasteiger partial charge in [-0.15, -0.1) is 0 Å². The Morgan fingerprint density at radius 3 is 2.67 bits per heavy atom. The molecule has 3 aromatic rings. The number of thiocarbonyl (C=S) groups is 1. The van der Waals surface area contributed by atoms with Crippen LogP contribution in [0, 0.1) is 16.0 Å². The molecule has 1 aliphatic heterocycles. The second-order valence-corrected chi connectivity index (χ2v) is 8.04. The van der Waals surface area contributed by atoms with Gasteiger partial charge in [0.05, 0.1) is 22.2 Å². The fourth-order valence-electron chi connectivity index (χ4n) is 3.80. The van der Waals surface area contributed by atoms with Crippen LogP contribution in [0.25, 0.3) is 11.3 Å². The largest absolute Gasteiger partial charge is 0.459 e. The highest BCUT2D eigenvalue weighted by atomic mass is 32.1. The van der Waals surface area contributed by atoms with Gasteiger partial charge in [0.2, 0.25) is 0 Å². The SMILES string of the molecule is CC(C)CN1C(=S)N[C@@H](c2ccccn2)[C@H]1c1ccc(-c2ccccc2[N+](=O)[O-])o1. The van der Waals surface area contributed by atoms with Gasteiger partial charge in [-0.1, -0.05) is 32.0 Å². The van der Waals surface area contributed by atoms with Crippen LogP contribution in [-0.2, 0) is 0 Å². The third kappa shape index (κ3) is 3.78. The van der Waals surface area contributed by atoms with E-state index in [1.165, 1.54) is 6.07 Å². The van der Waals surface area contributed by atoms with Crippen molar-refractivity contribution in [2.45, 2.75) is 25.9 Å². The number of nitro benzene ring substituents is 1. The monoisotopic (exact) mass is 422 g/mol. The van der Waals surface area contributed by atoms with Crippen molar-refractivity contribution in [1.82, 2.24) is 15.2 Å². The van der Waals surface area contributed by atoms with Crippen molar-refractivity contribution in [1.29, 1.82) is 0 Å². The Bertz CT molecular complexity index is 1070. The summed E-state index contributed by atoms with van der Waals surface area (Å²) in [7, 11) is 0. The first-order valence-corrected chi connectivity index (χ1v) is 10.2. The maximum atomic E-state index is 11.4. The molecule has 1 fully saturated rings. The summed E-state index contributed by atoms with van der Waals surface area (Å²) in [6, 6.07) is 15.6. The molecule has 0 amide bonds. The maximum Gasteiger partial charge on any atom is 0.280 e. The summed E-state index contributed by atoms with van der Waals surface area (Å²) >= 11 is 5.62. The average Bonchev–Trinajstić information content (AvgIpc) is 3.33. The Balaban J connectivity index is 1.76. The van der Waals surface area contributed by atoms with Crippen LogP contribution in [-0.4, -0.2) is 26.5 Å². The summed E-state index contributed by atoms with van der Waals surface area (Å²) in [4.78, 5) is 17.7. The first-order valence-electron chi connectivity index (χ1n) is 9.77. The first-order chi connectivity index (χ1) is 14.5. The summed E-state index contributed by atoms with van der Waals surface area (Å²) in [6.45, 7) is 5.02. The first kappa shape index (κ1) is 20.0. The van der Waals surface area contributed by atoms with Gasteiger partial charge in [-0.3, -0.25) is 15.1 Å². The number of para-hydroxylation sites is 1. The van der Waals surface area contributed by atoms with E-state index in [1.807, 2.05) is 24.3 Å². The average molecular weight is 423 g/mol. The van der Waals surface area contributed by atoms with Crippen LogP contribution in [0.1, 0.15) is 37.4 Å². The third-order valence-corrected chi connectivity index (χ3v) is 5.40. The number of furan rings is 1. The van der Waals surface area contributed by atoms with Crippen LogP contribution in [0.2, 0.25) is 0 Å². The summed E-state index contributed by atoms with van der Waals surface area (Å²) in [5.74, 6) is 1.53. The van der Waals surface area contributed by atoms with Crippen molar-refractivity contribution in [3.05, 3.63) is 82.4 Å². The molecule has 0 aliphatic carbocycles. The van der Waals surface area contributed by atoms with Gasteiger partial charge in [-0.2, -0.15) is 0 Å². The van der Waals surface area contributed by atoms with Crippen LogP contribution in [0.3, 0.4) is 0 Å². The van der Waals surface area contributed by atoms with E-state index in [0.29, 0.717) is 28.1 Å². The quantitative estimate of drug-likeness (QED) is 0.344. The third-order valence-electron chi connectivity index (χ3n) is 5.04. The molecule has 4 rings (SSSR count). The Kier molecular flexibility index (Phi) is 5.50. The lowest BCUT2D eigenvalue weighted by Crippen LogP contribution is -2.32. The number of nitro groups is 1. The molecule has 30 heavy (non-hydrogen) atoms. The van der Waals surface area contributed by atoms with E-state index in [0.717, 1.165) is 12.2 Å². The lowest BCUT2D eigenvalue weighted by atomic mass is 10.0. The Morgan fingerprint density at radius 1 is 1.20 bits per heavy atom. The molecule has 0 unspecified atom stereocenters. The summed E-state index contributed by atoms with van der Waals surface area (Å²) in [5, 5.41) is 15.5. The molecule has 3 heterocycles. The van der Waals surface area contributed by atoms with Crippen LogP contribution in [0.15, 0.2) is 65.2 Å². The van der Waals surface area contributed by atoms with Gasteiger partial charge in [0.15, 0.2) is 5.11 Å². The molecule has 1 aliphatic rings. The molecule has 0 radical (unpaired) electrons. The zero-order valence-corrected chi connectivity index (χ0v) is 17.5.